The van der Waals surface area contributed by atoms with E-state index in [1.165, 1.54) is 49.8 Å². The summed E-state index contributed by atoms with van der Waals surface area (Å²) in [7, 11) is 0. The molecular weight excluding hydrogens is 514 g/mol. The van der Waals surface area contributed by atoms with Crippen LogP contribution in [0.4, 0.5) is 34.1 Å². The van der Waals surface area contributed by atoms with Crippen molar-refractivity contribution in [3.63, 3.8) is 0 Å². The first kappa shape index (κ1) is 21.4. The molecule has 0 atom stereocenters. The van der Waals surface area contributed by atoms with Crippen LogP contribution in [0.1, 0.15) is 0 Å². The maximum Gasteiger partial charge on any atom is 0.256 e. The van der Waals surface area contributed by atoms with Crippen molar-refractivity contribution >= 4 is 80.3 Å². The van der Waals surface area contributed by atoms with Gasteiger partial charge in [-0.2, -0.15) is 0 Å². The average molecular weight is 534 g/mol. The van der Waals surface area contributed by atoms with Crippen LogP contribution in [0, 0.1) is 0 Å². The molecule has 0 bridgehead atoms. The van der Waals surface area contributed by atoms with Crippen LogP contribution in [0.2, 0.25) is 0 Å². The minimum atomic E-state index is 0.0508. The van der Waals surface area contributed by atoms with Gasteiger partial charge in [-0.3, -0.25) is 0 Å². The number of benzene rings is 6. The minimum Gasteiger partial charge on any atom is -0.458 e. The molecule has 6 aromatic rings. The topological polar surface area (TPSA) is 24.9 Å². The zero-order valence-electron chi connectivity index (χ0n) is 22.4. The molecule has 0 spiro atoms. The Labute approximate surface area is 243 Å². The van der Waals surface area contributed by atoms with Gasteiger partial charge in [-0.25, -0.2) is 0 Å². The Morgan fingerprint density at radius 1 is 0.405 bits per heavy atom. The lowest BCUT2D eigenvalue weighted by molar-refractivity contribution is 0.476. The lowest BCUT2D eigenvalue weighted by atomic mass is 9.29. The van der Waals surface area contributed by atoms with Gasteiger partial charge in [0.05, 0.1) is 11.4 Å². The van der Waals surface area contributed by atoms with E-state index in [0.717, 1.165) is 40.1 Å². The van der Waals surface area contributed by atoms with Crippen molar-refractivity contribution in [3.8, 4) is 23.0 Å². The third kappa shape index (κ3) is 2.37. The van der Waals surface area contributed by atoms with Crippen molar-refractivity contribution < 1.29 is 9.47 Å². The predicted octanol–water partition coefficient (Wildman–Crippen LogP) is 4.81. The lowest BCUT2D eigenvalue weighted by Crippen LogP contribution is -2.68. The SMILES string of the molecule is c1ccc(N2c3ccccc3B3c4cccc5c4N4c6c(cccc6B6c7ccccc7Oc7cc2c3c4c76)O5)cc1. The molecule has 0 amide bonds. The first-order valence-corrected chi connectivity index (χ1v) is 14.5. The Balaban J connectivity index is 1.35. The van der Waals surface area contributed by atoms with Crippen LogP contribution in [0.25, 0.3) is 0 Å². The van der Waals surface area contributed by atoms with E-state index in [4.69, 9.17) is 9.47 Å². The van der Waals surface area contributed by atoms with E-state index in [1.54, 1.807) is 0 Å². The highest BCUT2D eigenvalue weighted by Crippen LogP contribution is 2.54. The molecule has 0 aliphatic carbocycles. The van der Waals surface area contributed by atoms with Gasteiger partial charge in [-0.15, -0.1) is 0 Å². The highest BCUT2D eigenvalue weighted by Gasteiger charge is 2.53. The summed E-state index contributed by atoms with van der Waals surface area (Å²) in [5, 5.41) is 0. The fourth-order valence-electron chi connectivity index (χ4n) is 8.19. The summed E-state index contributed by atoms with van der Waals surface area (Å²) in [6.07, 6.45) is 0. The molecule has 0 N–H and O–H groups in total. The van der Waals surface area contributed by atoms with Crippen LogP contribution in [0.3, 0.4) is 0 Å². The number of hydrogen-bond acceptors (Lipinski definition) is 4. The standard InChI is InChI=1S/C36H20B2N2O2/c1-2-10-21(11-3-1)39-26-16-6-4-12-22(26)37-24-14-8-18-29-34(24)40-35-25(15-9-19-30(35)42-29)38-23-13-5-7-17-28(23)41-31-20-27(39)32(37)36(40)33(31)38/h1-20H. The molecule has 11 rings (SSSR count). The van der Waals surface area contributed by atoms with Crippen LogP contribution in [0.5, 0.6) is 23.0 Å². The van der Waals surface area contributed by atoms with Crippen LogP contribution >= 0.6 is 0 Å². The molecule has 192 valence electrons. The van der Waals surface area contributed by atoms with Gasteiger partial charge in [-0.1, -0.05) is 78.9 Å². The summed E-state index contributed by atoms with van der Waals surface area (Å²) in [6.45, 7) is 0.116. The normalized spacial score (nSPS) is 14.9. The Hall–Kier alpha value is -5.35. The second-order valence-corrected chi connectivity index (χ2v) is 11.6. The summed E-state index contributed by atoms with van der Waals surface area (Å²) < 4.78 is 13.5. The van der Waals surface area contributed by atoms with E-state index in [0.29, 0.717) is 0 Å². The summed E-state index contributed by atoms with van der Waals surface area (Å²) >= 11 is 0. The Kier molecular flexibility index (Phi) is 3.71. The van der Waals surface area contributed by atoms with E-state index in [-0.39, 0.29) is 13.4 Å². The lowest BCUT2D eigenvalue weighted by Gasteiger charge is -2.50. The monoisotopic (exact) mass is 534 g/mol. The molecule has 6 heteroatoms. The molecule has 5 aliphatic rings. The van der Waals surface area contributed by atoms with Crippen LogP contribution in [-0.2, 0) is 0 Å². The van der Waals surface area contributed by atoms with E-state index >= 15 is 0 Å². The van der Waals surface area contributed by atoms with Crippen molar-refractivity contribution in [1.82, 2.24) is 0 Å². The van der Waals surface area contributed by atoms with Crippen LogP contribution < -0.4 is 52.1 Å². The molecule has 5 heterocycles. The first-order chi connectivity index (χ1) is 20.9. The van der Waals surface area contributed by atoms with Crippen molar-refractivity contribution in [2.75, 3.05) is 9.80 Å². The van der Waals surface area contributed by atoms with Gasteiger partial charge in [0.2, 0.25) is 0 Å². The minimum absolute atomic E-state index is 0.0508. The number of rotatable bonds is 1. The van der Waals surface area contributed by atoms with Gasteiger partial charge in [0.25, 0.3) is 13.4 Å². The molecular formula is C36H20B2N2O2. The number of anilines is 6. The smallest absolute Gasteiger partial charge is 0.256 e. The number of hydrogen-bond donors (Lipinski definition) is 0. The van der Waals surface area contributed by atoms with Crippen LogP contribution in [-0.4, -0.2) is 13.4 Å². The highest BCUT2D eigenvalue weighted by atomic mass is 16.5. The number of para-hydroxylation sites is 5. The molecule has 0 saturated heterocycles. The van der Waals surface area contributed by atoms with E-state index in [9.17, 15) is 0 Å². The van der Waals surface area contributed by atoms with E-state index in [2.05, 4.69) is 131 Å². The van der Waals surface area contributed by atoms with Crippen molar-refractivity contribution in [3.05, 3.63) is 121 Å². The van der Waals surface area contributed by atoms with E-state index in [1.807, 2.05) is 0 Å². The molecule has 0 unspecified atom stereocenters. The van der Waals surface area contributed by atoms with E-state index < -0.39 is 0 Å². The Morgan fingerprint density at radius 3 is 1.79 bits per heavy atom. The van der Waals surface area contributed by atoms with Crippen molar-refractivity contribution in [2.45, 2.75) is 0 Å². The fraction of sp³-hybridized carbons (Fsp3) is 0. The maximum absolute atomic E-state index is 6.83. The first-order valence-electron chi connectivity index (χ1n) is 14.5. The Morgan fingerprint density at radius 2 is 1.00 bits per heavy atom. The van der Waals surface area contributed by atoms with Crippen LogP contribution in [0.15, 0.2) is 121 Å². The highest BCUT2D eigenvalue weighted by molar-refractivity contribution is 7.04. The van der Waals surface area contributed by atoms with Gasteiger partial charge < -0.3 is 19.3 Å². The molecule has 0 radical (unpaired) electrons. The zero-order chi connectivity index (χ0) is 27.1. The maximum atomic E-state index is 6.83. The zero-order valence-corrected chi connectivity index (χ0v) is 22.4. The van der Waals surface area contributed by atoms with Crippen molar-refractivity contribution in [2.24, 2.45) is 0 Å². The van der Waals surface area contributed by atoms with Crippen molar-refractivity contribution in [1.29, 1.82) is 0 Å². The fourth-order valence-corrected chi connectivity index (χ4v) is 8.19. The van der Waals surface area contributed by atoms with Gasteiger partial charge in [0.15, 0.2) is 11.5 Å². The number of ether oxygens (including phenoxy) is 2. The number of nitrogens with zero attached hydrogens (tertiary/aromatic N) is 2. The quantitative estimate of drug-likeness (QED) is 0.283. The second-order valence-electron chi connectivity index (χ2n) is 11.6. The molecule has 4 nitrogen and oxygen atoms in total. The van der Waals surface area contributed by atoms with Gasteiger partial charge in [0.1, 0.15) is 11.5 Å². The molecule has 0 saturated carbocycles. The largest absolute Gasteiger partial charge is 0.458 e. The summed E-state index contributed by atoms with van der Waals surface area (Å²) in [5.74, 6) is 3.65. The second kappa shape index (κ2) is 7.29. The molecule has 5 aliphatic heterocycles. The summed E-state index contributed by atoms with van der Waals surface area (Å²) in [5.41, 5.74) is 14.6. The van der Waals surface area contributed by atoms with Gasteiger partial charge >= 0.3 is 0 Å². The summed E-state index contributed by atoms with van der Waals surface area (Å²) in [4.78, 5) is 4.92. The summed E-state index contributed by atoms with van der Waals surface area (Å²) in [6, 6.07) is 43.4. The molecule has 0 aromatic heterocycles. The van der Waals surface area contributed by atoms with Gasteiger partial charge in [0, 0.05) is 28.8 Å². The molecule has 6 aromatic carbocycles. The number of fused-ring (bicyclic) bond motifs is 6. The predicted molar refractivity (Wildman–Crippen MR) is 172 cm³/mol. The van der Waals surface area contributed by atoms with Gasteiger partial charge in [-0.05, 0) is 69.2 Å². The third-order valence-electron chi connectivity index (χ3n) is 9.66. The molecule has 42 heavy (non-hydrogen) atoms. The third-order valence-corrected chi connectivity index (χ3v) is 9.66. The molecule has 0 fully saturated rings. The average Bonchev–Trinajstić information content (AvgIpc) is 3.04. The Bertz CT molecular complexity index is 2180.